The first-order chi connectivity index (χ1) is 12.2. The lowest BCUT2D eigenvalue weighted by Crippen LogP contribution is -1.96. The van der Waals surface area contributed by atoms with Crippen LogP contribution in [0.1, 0.15) is 11.1 Å². The van der Waals surface area contributed by atoms with Crippen molar-refractivity contribution in [1.82, 2.24) is 9.55 Å². The number of aromatic nitrogens is 2. The maximum Gasteiger partial charge on any atom is 0.174 e. The summed E-state index contributed by atoms with van der Waals surface area (Å²) >= 11 is 1.66. The molecule has 4 heteroatoms. The largest absolute Gasteiger partial charge is 0.287 e. The first-order valence-electron chi connectivity index (χ1n) is 8.12. The van der Waals surface area contributed by atoms with Crippen molar-refractivity contribution in [1.29, 1.82) is 0 Å². The highest BCUT2D eigenvalue weighted by atomic mass is 32.2. The Bertz CT molecular complexity index is 1000. The van der Waals surface area contributed by atoms with Gasteiger partial charge in [0.15, 0.2) is 5.16 Å². The van der Waals surface area contributed by atoms with Crippen LogP contribution < -0.4 is 0 Å². The Kier molecular flexibility index (Phi) is 4.28. The molecule has 0 aliphatic carbocycles. The molecule has 0 spiro atoms. The summed E-state index contributed by atoms with van der Waals surface area (Å²) < 4.78 is 15.3. The van der Waals surface area contributed by atoms with E-state index in [4.69, 9.17) is 4.98 Å². The predicted octanol–water partition coefficient (Wildman–Crippen LogP) is 5.77. The van der Waals surface area contributed by atoms with Crippen molar-refractivity contribution in [2.75, 3.05) is 0 Å². The second-order valence-electron chi connectivity index (χ2n) is 5.97. The lowest BCUT2D eigenvalue weighted by atomic mass is 10.2. The molecule has 0 fully saturated rings. The molecule has 0 radical (unpaired) electrons. The Morgan fingerprint density at radius 1 is 0.920 bits per heavy atom. The number of rotatable bonds is 4. The minimum atomic E-state index is -0.208. The van der Waals surface area contributed by atoms with Crippen LogP contribution in [-0.2, 0) is 5.75 Å². The molecule has 0 saturated carbocycles. The molecule has 25 heavy (non-hydrogen) atoms. The Hall–Kier alpha value is -2.59. The summed E-state index contributed by atoms with van der Waals surface area (Å²) in [7, 11) is 0. The number of hydrogen-bond donors (Lipinski definition) is 0. The highest BCUT2D eigenvalue weighted by molar-refractivity contribution is 7.98. The lowest BCUT2D eigenvalue weighted by molar-refractivity contribution is 0.627. The molecule has 4 rings (SSSR count). The number of aryl methyl sites for hydroxylation is 1. The van der Waals surface area contributed by atoms with Gasteiger partial charge in [0.25, 0.3) is 0 Å². The summed E-state index contributed by atoms with van der Waals surface area (Å²) in [6.45, 7) is 2.08. The number of fused-ring (bicyclic) bond motifs is 1. The molecule has 0 aliphatic rings. The fraction of sp³-hybridized carbons (Fsp3) is 0.0952. The van der Waals surface area contributed by atoms with Crippen LogP contribution in [0.4, 0.5) is 4.39 Å². The van der Waals surface area contributed by atoms with Crippen molar-refractivity contribution in [2.45, 2.75) is 17.8 Å². The summed E-state index contributed by atoms with van der Waals surface area (Å²) in [5.74, 6) is 0.538. The molecule has 0 unspecified atom stereocenters. The van der Waals surface area contributed by atoms with Crippen LogP contribution in [0.2, 0.25) is 0 Å². The molecule has 0 aliphatic heterocycles. The van der Waals surface area contributed by atoms with Crippen molar-refractivity contribution in [3.8, 4) is 5.69 Å². The summed E-state index contributed by atoms with van der Waals surface area (Å²) in [4.78, 5) is 4.80. The van der Waals surface area contributed by atoms with E-state index >= 15 is 0 Å². The number of hydrogen-bond acceptors (Lipinski definition) is 2. The van der Waals surface area contributed by atoms with Crippen molar-refractivity contribution >= 4 is 22.8 Å². The van der Waals surface area contributed by atoms with Gasteiger partial charge in [-0.25, -0.2) is 9.37 Å². The van der Waals surface area contributed by atoms with Crippen LogP contribution >= 0.6 is 11.8 Å². The average molecular weight is 348 g/mol. The van der Waals surface area contributed by atoms with Crippen molar-refractivity contribution in [3.63, 3.8) is 0 Å². The van der Waals surface area contributed by atoms with Crippen LogP contribution in [0, 0.1) is 12.7 Å². The lowest BCUT2D eigenvalue weighted by Gasteiger charge is -2.09. The van der Waals surface area contributed by atoms with Gasteiger partial charge >= 0.3 is 0 Å². The van der Waals surface area contributed by atoms with Gasteiger partial charge < -0.3 is 0 Å². The molecule has 0 amide bonds. The number of benzene rings is 3. The average Bonchev–Trinajstić information content (AvgIpc) is 3.00. The molecule has 3 aromatic carbocycles. The third kappa shape index (κ3) is 3.30. The van der Waals surface area contributed by atoms with Crippen LogP contribution in [0.5, 0.6) is 0 Å². The quantitative estimate of drug-likeness (QED) is 0.436. The number of nitrogens with zero attached hydrogens (tertiary/aromatic N) is 2. The van der Waals surface area contributed by atoms with Crippen LogP contribution in [0.3, 0.4) is 0 Å². The van der Waals surface area contributed by atoms with Gasteiger partial charge in [0.05, 0.1) is 11.0 Å². The standard InChI is InChI=1S/C21H17FN2S/c1-15-6-12-18(13-7-15)24-20-5-3-2-4-19(20)23-21(24)25-14-16-8-10-17(22)11-9-16/h2-13H,14H2,1H3. The van der Waals surface area contributed by atoms with Gasteiger partial charge in [0, 0.05) is 11.4 Å². The zero-order valence-corrected chi connectivity index (χ0v) is 14.6. The van der Waals surface area contributed by atoms with Crippen molar-refractivity contribution in [2.24, 2.45) is 0 Å². The van der Waals surface area contributed by atoms with E-state index in [0.29, 0.717) is 0 Å². The van der Waals surface area contributed by atoms with E-state index < -0.39 is 0 Å². The number of para-hydroxylation sites is 2. The second kappa shape index (κ2) is 6.73. The Labute approximate surface area is 150 Å². The Morgan fingerprint density at radius 3 is 2.40 bits per heavy atom. The zero-order chi connectivity index (χ0) is 17.2. The topological polar surface area (TPSA) is 17.8 Å². The van der Waals surface area contributed by atoms with Gasteiger partial charge in [-0.2, -0.15) is 0 Å². The Morgan fingerprint density at radius 2 is 1.64 bits per heavy atom. The molecule has 124 valence electrons. The van der Waals surface area contributed by atoms with Gasteiger partial charge in [0.1, 0.15) is 5.82 Å². The van der Waals surface area contributed by atoms with Crippen LogP contribution in [0.15, 0.2) is 78.0 Å². The summed E-state index contributed by atoms with van der Waals surface area (Å²) in [6.07, 6.45) is 0. The zero-order valence-electron chi connectivity index (χ0n) is 13.8. The minimum absolute atomic E-state index is 0.208. The monoisotopic (exact) mass is 348 g/mol. The predicted molar refractivity (Wildman–Crippen MR) is 102 cm³/mol. The highest BCUT2D eigenvalue weighted by Crippen LogP contribution is 2.30. The van der Waals surface area contributed by atoms with Gasteiger partial charge in [0.2, 0.25) is 0 Å². The van der Waals surface area contributed by atoms with E-state index in [-0.39, 0.29) is 5.82 Å². The van der Waals surface area contributed by atoms with E-state index in [1.165, 1.54) is 17.7 Å². The fourth-order valence-corrected chi connectivity index (χ4v) is 3.76. The molecule has 2 nitrogen and oxygen atoms in total. The van der Waals surface area contributed by atoms with E-state index in [9.17, 15) is 4.39 Å². The van der Waals surface area contributed by atoms with E-state index in [0.717, 1.165) is 33.2 Å². The molecule has 0 atom stereocenters. The second-order valence-corrected chi connectivity index (χ2v) is 6.91. The third-order valence-electron chi connectivity index (χ3n) is 4.10. The third-order valence-corrected chi connectivity index (χ3v) is 5.11. The molecule has 1 heterocycles. The fourth-order valence-electron chi connectivity index (χ4n) is 2.77. The summed E-state index contributed by atoms with van der Waals surface area (Å²) in [5.41, 5.74) is 5.47. The van der Waals surface area contributed by atoms with E-state index in [1.807, 2.05) is 30.3 Å². The van der Waals surface area contributed by atoms with Crippen LogP contribution in [-0.4, -0.2) is 9.55 Å². The first-order valence-corrected chi connectivity index (χ1v) is 9.11. The van der Waals surface area contributed by atoms with Gasteiger partial charge in [-0.15, -0.1) is 0 Å². The smallest absolute Gasteiger partial charge is 0.174 e. The van der Waals surface area contributed by atoms with Gasteiger partial charge in [-0.3, -0.25) is 4.57 Å². The molecule has 0 saturated heterocycles. The summed E-state index contributed by atoms with van der Waals surface area (Å²) in [5, 5.41) is 0.939. The number of halogens is 1. The molecule has 0 N–H and O–H groups in total. The maximum atomic E-state index is 13.1. The normalized spacial score (nSPS) is 11.1. The summed E-state index contributed by atoms with van der Waals surface area (Å²) in [6, 6.07) is 23.2. The molecular weight excluding hydrogens is 331 g/mol. The van der Waals surface area contributed by atoms with Crippen LogP contribution in [0.25, 0.3) is 16.7 Å². The van der Waals surface area contributed by atoms with Crippen molar-refractivity contribution in [3.05, 3.63) is 89.7 Å². The minimum Gasteiger partial charge on any atom is -0.287 e. The van der Waals surface area contributed by atoms with Gasteiger partial charge in [-0.05, 0) is 48.9 Å². The SMILES string of the molecule is Cc1ccc(-n2c(SCc3ccc(F)cc3)nc3ccccc32)cc1. The molecule has 1 aromatic heterocycles. The van der Waals surface area contributed by atoms with E-state index in [1.54, 1.807) is 11.8 Å². The van der Waals surface area contributed by atoms with E-state index in [2.05, 4.69) is 41.8 Å². The highest BCUT2D eigenvalue weighted by Gasteiger charge is 2.12. The number of imidazole rings is 1. The molecular formula is C21H17FN2S. The molecule has 0 bridgehead atoms. The first kappa shape index (κ1) is 15.9. The molecule has 4 aromatic rings. The van der Waals surface area contributed by atoms with Crippen molar-refractivity contribution < 1.29 is 4.39 Å². The number of thioether (sulfide) groups is 1. The van der Waals surface area contributed by atoms with Gasteiger partial charge in [-0.1, -0.05) is 53.7 Å². The Balaban J connectivity index is 1.73. The maximum absolute atomic E-state index is 13.1.